The SMILES string of the molecule is CC1(C)c2ccccc2N2B3c4c(cc5oc6ccccc6c5c4-c4cccc1c42)-n1c2c3cccc2c2ccc3ccccc3c21. The number of nitrogens with zero attached hydrogens (tertiary/aromatic N) is 2. The van der Waals surface area contributed by atoms with Gasteiger partial charge in [-0.3, -0.25) is 0 Å². The molecular weight excluding hydrogens is 571 g/mol. The normalized spacial score (nSPS) is 15.1. The largest absolute Gasteiger partial charge is 0.456 e. The average Bonchev–Trinajstić information content (AvgIpc) is 3.66. The lowest BCUT2D eigenvalue weighted by molar-refractivity contribution is 0.634. The lowest BCUT2D eigenvalue weighted by Gasteiger charge is -2.49. The maximum Gasteiger partial charge on any atom is 0.333 e. The smallest absolute Gasteiger partial charge is 0.333 e. The number of anilines is 2. The lowest BCUT2D eigenvalue weighted by Crippen LogP contribution is -2.62. The summed E-state index contributed by atoms with van der Waals surface area (Å²) in [6.45, 7) is 4.77. The van der Waals surface area contributed by atoms with Gasteiger partial charge in [-0.1, -0.05) is 123 Å². The monoisotopic (exact) mass is 598 g/mol. The number of furan rings is 1. The summed E-state index contributed by atoms with van der Waals surface area (Å²) in [6, 6.07) is 47.3. The first-order valence-electron chi connectivity index (χ1n) is 16.6. The molecule has 218 valence electrons. The first kappa shape index (κ1) is 24.5. The molecule has 0 unspecified atom stereocenters. The summed E-state index contributed by atoms with van der Waals surface area (Å²) in [7, 11) is 0. The van der Waals surface area contributed by atoms with Crippen molar-refractivity contribution in [3.63, 3.8) is 0 Å². The molecule has 3 aliphatic rings. The first-order chi connectivity index (χ1) is 23.1. The number of rotatable bonds is 0. The van der Waals surface area contributed by atoms with E-state index < -0.39 is 0 Å². The molecule has 0 N–H and O–H groups in total. The van der Waals surface area contributed by atoms with E-state index in [0.29, 0.717) is 0 Å². The molecule has 4 heteroatoms. The molecule has 3 aliphatic heterocycles. The van der Waals surface area contributed by atoms with Crippen LogP contribution in [-0.4, -0.2) is 11.4 Å². The summed E-state index contributed by atoms with van der Waals surface area (Å²) in [4.78, 5) is 2.68. The Morgan fingerprint density at radius 3 is 2.28 bits per heavy atom. The molecule has 0 aliphatic carbocycles. The van der Waals surface area contributed by atoms with E-state index in [1.807, 2.05) is 0 Å². The maximum absolute atomic E-state index is 6.76. The standard InChI is InChI=1S/C43H27BN2O/c1-43(2)30-16-6-7-19-33(30)46-41-29(15-9-17-31(41)43)38-37-28-13-5-8-20-35(28)47-36(37)23-34-39(38)44(46)32-18-10-14-26-27-22-21-24-11-3-4-12-25(24)40(27)45(34)42(26)32/h3-23H,1-2H3. The molecule has 0 atom stereocenters. The molecule has 5 heterocycles. The fourth-order valence-corrected chi connectivity index (χ4v) is 9.62. The van der Waals surface area contributed by atoms with E-state index in [4.69, 9.17) is 4.42 Å². The summed E-state index contributed by atoms with van der Waals surface area (Å²) in [5.41, 5.74) is 16.1. The molecule has 0 amide bonds. The topological polar surface area (TPSA) is 21.3 Å². The minimum atomic E-state index is -0.153. The third-order valence-corrected chi connectivity index (χ3v) is 11.5. The molecule has 0 spiro atoms. The van der Waals surface area contributed by atoms with E-state index in [-0.39, 0.29) is 12.3 Å². The Hall–Kier alpha value is -5.74. The highest BCUT2D eigenvalue weighted by Crippen LogP contribution is 2.56. The van der Waals surface area contributed by atoms with Crippen LogP contribution in [0.25, 0.3) is 71.3 Å². The van der Waals surface area contributed by atoms with Crippen molar-refractivity contribution in [2.75, 3.05) is 4.81 Å². The first-order valence-corrected chi connectivity index (χ1v) is 16.6. The van der Waals surface area contributed by atoms with E-state index in [2.05, 4.69) is 151 Å². The highest BCUT2D eigenvalue weighted by atomic mass is 16.3. The minimum Gasteiger partial charge on any atom is -0.456 e. The van der Waals surface area contributed by atoms with Crippen LogP contribution in [0.4, 0.5) is 11.4 Å². The molecule has 2 aromatic heterocycles. The van der Waals surface area contributed by atoms with Crippen molar-refractivity contribution in [2.24, 2.45) is 0 Å². The van der Waals surface area contributed by atoms with Crippen LogP contribution in [0.5, 0.6) is 0 Å². The second kappa shape index (κ2) is 7.97. The van der Waals surface area contributed by atoms with Crippen molar-refractivity contribution in [2.45, 2.75) is 19.3 Å². The van der Waals surface area contributed by atoms with E-state index in [9.17, 15) is 0 Å². The van der Waals surface area contributed by atoms with Gasteiger partial charge in [0.25, 0.3) is 0 Å². The van der Waals surface area contributed by atoms with Crippen molar-refractivity contribution in [1.82, 2.24) is 4.57 Å². The van der Waals surface area contributed by atoms with Gasteiger partial charge in [-0.25, -0.2) is 0 Å². The maximum atomic E-state index is 6.76. The fourth-order valence-electron chi connectivity index (χ4n) is 9.62. The van der Waals surface area contributed by atoms with E-state index >= 15 is 0 Å². The Kier molecular flexibility index (Phi) is 4.15. The predicted octanol–water partition coefficient (Wildman–Crippen LogP) is 9.71. The highest BCUT2D eigenvalue weighted by molar-refractivity contribution is 6.94. The van der Waals surface area contributed by atoms with Gasteiger partial charge < -0.3 is 13.8 Å². The van der Waals surface area contributed by atoms with Gasteiger partial charge in [-0.2, -0.15) is 0 Å². The Morgan fingerprint density at radius 2 is 1.34 bits per heavy atom. The van der Waals surface area contributed by atoms with Crippen molar-refractivity contribution < 1.29 is 4.42 Å². The zero-order chi connectivity index (χ0) is 30.8. The molecule has 0 radical (unpaired) electrons. The van der Waals surface area contributed by atoms with Gasteiger partial charge in [0.05, 0.1) is 11.0 Å². The van der Waals surface area contributed by atoms with Crippen molar-refractivity contribution in [1.29, 1.82) is 0 Å². The second-order valence-electron chi connectivity index (χ2n) is 14.0. The molecule has 3 nitrogen and oxygen atoms in total. The molecule has 7 aromatic carbocycles. The number of benzene rings is 7. The summed E-state index contributed by atoms with van der Waals surface area (Å²) in [6.07, 6.45) is 0. The Bertz CT molecular complexity index is 2910. The number of para-hydroxylation sites is 4. The molecule has 0 bridgehead atoms. The summed E-state index contributed by atoms with van der Waals surface area (Å²) < 4.78 is 9.33. The van der Waals surface area contributed by atoms with Crippen molar-refractivity contribution in [3.05, 3.63) is 139 Å². The molecule has 47 heavy (non-hydrogen) atoms. The number of hydrogen-bond acceptors (Lipinski definition) is 2. The zero-order valence-electron chi connectivity index (χ0n) is 26.0. The van der Waals surface area contributed by atoms with E-state index in [1.54, 1.807) is 0 Å². The lowest BCUT2D eigenvalue weighted by atomic mass is 9.42. The quantitative estimate of drug-likeness (QED) is 0.162. The molecule has 0 saturated heterocycles. The van der Waals surface area contributed by atoms with Crippen molar-refractivity contribution >= 4 is 83.7 Å². The van der Waals surface area contributed by atoms with Gasteiger partial charge in [-0.05, 0) is 45.1 Å². The average molecular weight is 599 g/mol. The summed E-state index contributed by atoms with van der Waals surface area (Å²) in [5, 5.41) is 7.50. The van der Waals surface area contributed by atoms with Gasteiger partial charge in [0.15, 0.2) is 0 Å². The minimum absolute atomic E-state index is 0.00395. The second-order valence-corrected chi connectivity index (χ2v) is 14.0. The summed E-state index contributed by atoms with van der Waals surface area (Å²) in [5.74, 6) is 0. The van der Waals surface area contributed by atoms with Crippen LogP contribution < -0.4 is 15.7 Å². The van der Waals surface area contributed by atoms with Gasteiger partial charge in [-0.15, -0.1) is 0 Å². The van der Waals surface area contributed by atoms with Gasteiger partial charge in [0.1, 0.15) is 11.2 Å². The zero-order valence-corrected chi connectivity index (χ0v) is 26.0. The van der Waals surface area contributed by atoms with Gasteiger partial charge in [0, 0.05) is 61.0 Å². The third kappa shape index (κ3) is 2.68. The Labute approximate surface area is 271 Å². The molecule has 9 aromatic rings. The van der Waals surface area contributed by atoms with Gasteiger partial charge >= 0.3 is 6.85 Å². The van der Waals surface area contributed by atoms with E-state index in [0.717, 1.165) is 11.2 Å². The Balaban J connectivity index is 1.38. The molecule has 12 rings (SSSR count). The van der Waals surface area contributed by atoms with Crippen LogP contribution >= 0.6 is 0 Å². The predicted molar refractivity (Wildman–Crippen MR) is 197 cm³/mol. The van der Waals surface area contributed by atoms with Crippen LogP contribution in [-0.2, 0) is 5.41 Å². The highest BCUT2D eigenvalue weighted by Gasteiger charge is 2.49. The number of aromatic nitrogens is 1. The van der Waals surface area contributed by atoms with Gasteiger partial charge in [0.2, 0.25) is 0 Å². The van der Waals surface area contributed by atoms with E-state index in [1.165, 1.54) is 93.6 Å². The number of hydrogen-bond donors (Lipinski definition) is 0. The number of fused-ring (bicyclic) bond motifs is 15. The Morgan fingerprint density at radius 1 is 0.596 bits per heavy atom. The van der Waals surface area contributed by atoms with Crippen LogP contribution in [0.1, 0.15) is 25.0 Å². The van der Waals surface area contributed by atoms with Crippen molar-refractivity contribution in [3.8, 4) is 16.8 Å². The molecule has 0 fully saturated rings. The molecular formula is C43H27BN2O. The van der Waals surface area contributed by atoms with Crippen LogP contribution in [0.15, 0.2) is 132 Å². The van der Waals surface area contributed by atoms with Crippen LogP contribution in [0.2, 0.25) is 0 Å². The fraction of sp³-hybridized carbons (Fsp3) is 0.0698. The van der Waals surface area contributed by atoms with Crippen LogP contribution in [0, 0.1) is 0 Å². The summed E-state index contributed by atoms with van der Waals surface area (Å²) >= 11 is 0. The molecule has 0 saturated carbocycles. The third-order valence-electron chi connectivity index (χ3n) is 11.5. The van der Waals surface area contributed by atoms with Crippen LogP contribution in [0.3, 0.4) is 0 Å².